The normalized spacial score (nSPS) is 15.3. The van der Waals surface area contributed by atoms with Crippen LogP contribution in [0.2, 0.25) is 0 Å². The second-order valence-corrected chi connectivity index (χ2v) is 3.44. The summed E-state index contributed by atoms with van der Waals surface area (Å²) in [7, 11) is 0. The highest BCUT2D eigenvalue weighted by atomic mass is 32.1. The average Bonchev–Trinajstić information content (AvgIpc) is 2.34. The summed E-state index contributed by atoms with van der Waals surface area (Å²) in [6.07, 6.45) is 1.14. The molecule has 0 aliphatic carbocycles. The van der Waals surface area contributed by atoms with E-state index in [-0.39, 0.29) is 0 Å². The van der Waals surface area contributed by atoms with E-state index >= 15 is 0 Å². The lowest BCUT2D eigenvalue weighted by Gasteiger charge is -2.12. The van der Waals surface area contributed by atoms with Gasteiger partial charge in [0, 0.05) is 6.54 Å². The molecule has 1 aliphatic rings. The van der Waals surface area contributed by atoms with Crippen LogP contribution >= 0.6 is 12.8 Å². The van der Waals surface area contributed by atoms with Crippen LogP contribution < -0.4 is 4.31 Å². The van der Waals surface area contributed by atoms with Gasteiger partial charge in [0.05, 0.1) is 5.69 Å². The van der Waals surface area contributed by atoms with Crippen LogP contribution in [0.15, 0.2) is 18.2 Å². The largest absolute Gasteiger partial charge is 0.318 e. The number of fused-ring (bicyclic) bond motifs is 1. The molecule has 1 aromatic carbocycles. The van der Waals surface area contributed by atoms with Gasteiger partial charge in [-0.2, -0.15) is 0 Å². The number of benzene rings is 1. The van der Waals surface area contributed by atoms with Crippen LogP contribution in [0.3, 0.4) is 0 Å². The molecule has 0 radical (unpaired) electrons. The van der Waals surface area contributed by atoms with Gasteiger partial charge in [-0.25, -0.2) is 0 Å². The summed E-state index contributed by atoms with van der Waals surface area (Å²) >= 11 is 4.37. The number of para-hydroxylation sites is 1. The molecule has 2 heteroatoms. The quantitative estimate of drug-likeness (QED) is 0.577. The Balaban J connectivity index is 2.58. The summed E-state index contributed by atoms with van der Waals surface area (Å²) in [5, 5.41) is 0. The van der Waals surface area contributed by atoms with Gasteiger partial charge in [0.1, 0.15) is 0 Å². The zero-order valence-electron chi connectivity index (χ0n) is 6.54. The van der Waals surface area contributed by atoms with Crippen LogP contribution in [0.4, 0.5) is 5.69 Å². The number of nitrogens with zero attached hydrogens (tertiary/aromatic N) is 1. The summed E-state index contributed by atoms with van der Waals surface area (Å²) in [4.78, 5) is 0. The molecule has 1 aromatic rings. The molecular weight excluding hydrogens is 154 g/mol. The number of rotatable bonds is 0. The van der Waals surface area contributed by atoms with Crippen molar-refractivity contribution in [2.75, 3.05) is 10.8 Å². The molecule has 0 amide bonds. The number of aryl methyl sites for hydroxylation is 1. The highest BCUT2D eigenvalue weighted by Crippen LogP contribution is 2.31. The highest BCUT2D eigenvalue weighted by Gasteiger charge is 2.17. The van der Waals surface area contributed by atoms with Gasteiger partial charge in [-0.1, -0.05) is 31.0 Å². The maximum Gasteiger partial charge on any atom is 0.0529 e. The van der Waals surface area contributed by atoms with E-state index in [1.54, 1.807) is 0 Å². The van der Waals surface area contributed by atoms with Crippen LogP contribution in [0, 0.1) is 6.92 Å². The van der Waals surface area contributed by atoms with Crippen molar-refractivity contribution in [1.29, 1.82) is 0 Å². The lowest BCUT2D eigenvalue weighted by molar-refractivity contribution is 1.06. The van der Waals surface area contributed by atoms with E-state index in [0.717, 1.165) is 13.0 Å². The van der Waals surface area contributed by atoms with Crippen molar-refractivity contribution in [2.45, 2.75) is 13.3 Å². The Labute approximate surface area is 72.6 Å². The minimum absolute atomic E-state index is 1.04. The topological polar surface area (TPSA) is 3.24 Å². The summed E-state index contributed by atoms with van der Waals surface area (Å²) < 4.78 is 2.03. The molecule has 0 spiro atoms. The van der Waals surface area contributed by atoms with Gasteiger partial charge in [-0.3, -0.25) is 0 Å². The molecule has 1 aliphatic heterocycles. The molecule has 0 N–H and O–H groups in total. The Morgan fingerprint density at radius 3 is 3.00 bits per heavy atom. The van der Waals surface area contributed by atoms with E-state index in [2.05, 4.69) is 37.9 Å². The monoisotopic (exact) mass is 165 g/mol. The van der Waals surface area contributed by atoms with E-state index in [0.29, 0.717) is 0 Å². The summed E-state index contributed by atoms with van der Waals surface area (Å²) in [5.41, 5.74) is 4.07. The van der Waals surface area contributed by atoms with E-state index in [4.69, 9.17) is 0 Å². The fraction of sp³-hybridized carbons (Fsp3) is 0.333. The molecule has 0 atom stereocenters. The third-order valence-electron chi connectivity index (χ3n) is 2.17. The Morgan fingerprint density at radius 2 is 2.27 bits per heavy atom. The Bertz CT molecular complexity index is 283. The molecule has 0 aromatic heterocycles. The van der Waals surface area contributed by atoms with Crippen molar-refractivity contribution in [1.82, 2.24) is 0 Å². The molecule has 2 rings (SSSR count). The second-order valence-electron chi connectivity index (χ2n) is 2.96. The third-order valence-corrected chi connectivity index (χ3v) is 2.57. The SMILES string of the molecule is Cc1cccc2c1N(S)CC2. The summed E-state index contributed by atoms with van der Waals surface area (Å²) in [6.45, 7) is 3.18. The zero-order chi connectivity index (χ0) is 7.84. The predicted molar refractivity (Wildman–Crippen MR) is 51.2 cm³/mol. The number of hydrogen-bond acceptors (Lipinski definition) is 2. The van der Waals surface area contributed by atoms with Crippen LogP contribution in [0.1, 0.15) is 11.1 Å². The van der Waals surface area contributed by atoms with Crippen molar-refractivity contribution >= 4 is 18.5 Å². The lowest BCUT2D eigenvalue weighted by atomic mass is 10.1. The van der Waals surface area contributed by atoms with E-state index < -0.39 is 0 Å². The van der Waals surface area contributed by atoms with Gasteiger partial charge in [0.25, 0.3) is 0 Å². The average molecular weight is 165 g/mol. The van der Waals surface area contributed by atoms with Gasteiger partial charge in [-0.05, 0) is 24.5 Å². The Morgan fingerprint density at radius 1 is 1.45 bits per heavy atom. The fourth-order valence-electron chi connectivity index (χ4n) is 1.63. The van der Waals surface area contributed by atoms with Crippen LogP contribution in [-0.4, -0.2) is 6.54 Å². The fourth-order valence-corrected chi connectivity index (χ4v) is 2.02. The van der Waals surface area contributed by atoms with Crippen LogP contribution in [0.5, 0.6) is 0 Å². The molecule has 1 nitrogen and oxygen atoms in total. The lowest BCUT2D eigenvalue weighted by Crippen LogP contribution is -2.05. The second kappa shape index (κ2) is 2.45. The smallest absolute Gasteiger partial charge is 0.0529 e. The van der Waals surface area contributed by atoms with E-state index in [1.165, 1.54) is 16.8 Å². The molecule has 0 saturated carbocycles. The summed E-state index contributed by atoms with van der Waals surface area (Å²) in [6, 6.07) is 6.42. The molecule has 0 fully saturated rings. The highest BCUT2D eigenvalue weighted by molar-refractivity contribution is 7.81. The zero-order valence-corrected chi connectivity index (χ0v) is 7.44. The first-order valence-corrected chi connectivity index (χ1v) is 4.24. The van der Waals surface area contributed by atoms with E-state index in [1.807, 2.05) is 4.31 Å². The number of thiol groups is 1. The molecule has 58 valence electrons. The molecule has 0 bridgehead atoms. The van der Waals surface area contributed by atoms with Crippen LogP contribution in [0.25, 0.3) is 0 Å². The molecule has 0 unspecified atom stereocenters. The summed E-state index contributed by atoms with van der Waals surface area (Å²) in [5.74, 6) is 0. The van der Waals surface area contributed by atoms with Gasteiger partial charge in [0.15, 0.2) is 0 Å². The van der Waals surface area contributed by atoms with Crippen molar-refractivity contribution in [3.8, 4) is 0 Å². The van der Waals surface area contributed by atoms with Gasteiger partial charge in [0.2, 0.25) is 0 Å². The Kier molecular flexibility index (Phi) is 1.57. The van der Waals surface area contributed by atoms with Gasteiger partial charge >= 0.3 is 0 Å². The van der Waals surface area contributed by atoms with E-state index in [9.17, 15) is 0 Å². The maximum absolute atomic E-state index is 4.37. The third kappa shape index (κ3) is 1.02. The number of anilines is 1. The Hall–Kier alpha value is -0.630. The molecular formula is C9H11NS. The first-order chi connectivity index (χ1) is 5.29. The molecule has 0 saturated heterocycles. The first kappa shape index (κ1) is 7.04. The van der Waals surface area contributed by atoms with Crippen molar-refractivity contribution < 1.29 is 0 Å². The minimum Gasteiger partial charge on any atom is -0.318 e. The van der Waals surface area contributed by atoms with Gasteiger partial charge < -0.3 is 4.31 Å². The van der Waals surface area contributed by atoms with Crippen molar-refractivity contribution in [2.24, 2.45) is 0 Å². The standard InChI is InChI=1S/C9H11NS/c1-7-3-2-4-8-5-6-10(11)9(7)8/h2-4,11H,5-6H2,1H3. The minimum atomic E-state index is 1.04. The molecule has 11 heavy (non-hydrogen) atoms. The molecule has 1 heterocycles. The maximum atomic E-state index is 4.37. The first-order valence-electron chi connectivity index (χ1n) is 3.84. The predicted octanol–water partition coefficient (Wildman–Crippen LogP) is 2.20. The van der Waals surface area contributed by atoms with Crippen LogP contribution in [-0.2, 0) is 6.42 Å². The van der Waals surface area contributed by atoms with Gasteiger partial charge in [-0.15, -0.1) is 0 Å². The van der Waals surface area contributed by atoms with Crippen molar-refractivity contribution in [3.63, 3.8) is 0 Å². The van der Waals surface area contributed by atoms with Crippen molar-refractivity contribution in [3.05, 3.63) is 29.3 Å². The number of hydrogen-bond donors (Lipinski definition) is 1.